The molecule has 0 saturated heterocycles. The van der Waals surface area contributed by atoms with Crippen LogP contribution in [0.2, 0.25) is 0 Å². The molecule has 21 heavy (non-hydrogen) atoms. The van der Waals surface area contributed by atoms with Crippen LogP contribution in [0.4, 0.5) is 20.2 Å². The van der Waals surface area contributed by atoms with Crippen molar-refractivity contribution in [2.75, 3.05) is 5.32 Å². The Morgan fingerprint density at radius 3 is 2.38 bits per heavy atom. The molecule has 0 bridgehead atoms. The summed E-state index contributed by atoms with van der Waals surface area (Å²) in [6.45, 7) is 1.75. The molecule has 2 rings (SSSR count). The Balaban J connectivity index is 2.19. The van der Waals surface area contributed by atoms with Crippen molar-refractivity contribution < 1.29 is 13.7 Å². The molecule has 0 fully saturated rings. The van der Waals surface area contributed by atoms with Gasteiger partial charge in [-0.25, -0.2) is 8.78 Å². The lowest BCUT2D eigenvalue weighted by Crippen LogP contribution is -2.08. The molecule has 7 heteroatoms. The fourth-order valence-electron chi connectivity index (χ4n) is 1.83. The zero-order valence-electron chi connectivity index (χ0n) is 10.9. The number of nitro benzene ring substituents is 1. The quantitative estimate of drug-likeness (QED) is 0.485. The van der Waals surface area contributed by atoms with Gasteiger partial charge in [-0.3, -0.25) is 10.1 Å². The Morgan fingerprint density at radius 2 is 1.81 bits per heavy atom. The van der Waals surface area contributed by atoms with Crippen LogP contribution >= 0.6 is 15.9 Å². The van der Waals surface area contributed by atoms with Crippen LogP contribution in [0.5, 0.6) is 0 Å². The summed E-state index contributed by atoms with van der Waals surface area (Å²) in [5.41, 5.74) is 0.733. The van der Waals surface area contributed by atoms with Gasteiger partial charge in [0.05, 0.1) is 15.1 Å². The van der Waals surface area contributed by atoms with Gasteiger partial charge in [-0.1, -0.05) is 12.1 Å². The van der Waals surface area contributed by atoms with Gasteiger partial charge in [0.1, 0.15) is 11.6 Å². The van der Waals surface area contributed by atoms with Crippen molar-refractivity contribution in [3.05, 3.63) is 68.2 Å². The number of hydrogen-bond donors (Lipinski definition) is 1. The highest BCUT2D eigenvalue weighted by Crippen LogP contribution is 2.27. The van der Waals surface area contributed by atoms with Gasteiger partial charge in [0.25, 0.3) is 5.69 Å². The highest BCUT2D eigenvalue weighted by atomic mass is 79.9. The predicted octanol–water partition coefficient (Wildman–Crippen LogP) is 4.81. The molecule has 0 aliphatic heterocycles. The van der Waals surface area contributed by atoms with Crippen molar-refractivity contribution >= 4 is 27.3 Å². The van der Waals surface area contributed by atoms with Crippen molar-refractivity contribution in [3.63, 3.8) is 0 Å². The van der Waals surface area contributed by atoms with Crippen molar-refractivity contribution in [2.24, 2.45) is 0 Å². The van der Waals surface area contributed by atoms with Crippen LogP contribution in [0.3, 0.4) is 0 Å². The standard InChI is InChI=1S/C14H11BrF2N2O2/c1-8(9-2-4-10(5-3-9)19(20)21)18-14-7-12(16)11(15)6-13(14)17/h2-8,18H,1H3. The highest BCUT2D eigenvalue weighted by Gasteiger charge is 2.13. The lowest BCUT2D eigenvalue weighted by molar-refractivity contribution is -0.384. The summed E-state index contributed by atoms with van der Waals surface area (Å²) < 4.78 is 27.2. The summed E-state index contributed by atoms with van der Waals surface area (Å²) in [5, 5.41) is 13.4. The Labute approximate surface area is 128 Å². The first-order chi connectivity index (χ1) is 9.88. The molecule has 1 unspecified atom stereocenters. The van der Waals surface area contributed by atoms with Gasteiger partial charge in [-0.2, -0.15) is 0 Å². The summed E-state index contributed by atoms with van der Waals surface area (Å²) in [6, 6.07) is 7.65. The second kappa shape index (κ2) is 6.17. The molecule has 0 amide bonds. The van der Waals surface area contributed by atoms with E-state index in [4.69, 9.17) is 0 Å². The smallest absolute Gasteiger partial charge is 0.269 e. The summed E-state index contributed by atoms with van der Waals surface area (Å²) in [6.07, 6.45) is 0. The Morgan fingerprint density at radius 1 is 1.19 bits per heavy atom. The molecule has 0 spiro atoms. The van der Waals surface area contributed by atoms with Crippen molar-refractivity contribution in [1.82, 2.24) is 0 Å². The van der Waals surface area contributed by atoms with Gasteiger partial charge < -0.3 is 5.32 Å². The van der Waals surface area contributed by atoms with E-state index in [1.165, 1.54) is 12.1 Å². The number of hydrogen-bond acceptors (Lipinski definition) is 3. The molecule has 0 heterocycles. The Bertz CT molecular complexity index is 677. The topological polar surface area (TPSA) is 55.2 Å². The first-order valence-electron chi connectivity index (χ1n) is 6.04. The lowest BCUT2D eigenvalue weighted by atomic mass is 10.1. The number of nitrogens with one attached hydrogen (secondary N) is 1. The molecular formula is C14H11BrF2N2O2. The second-order valence-electron chi connectivity index (χ2n) is 4.46. The van der Waals surface area contributed by atoms with E-state index in [1.54, 1.807) is 19.1 Å². The molecule has 0 aliphatic carbocycles. The molecular weight excluding hydrogens is 346 g/mol. The molecule has 0 radical (unpaired) electrons. The van der Waals surface area contributed by atoms with E-state index in [9.17, 15) is 18.9 Å². The van der Waals surface area contributed by atoms with Crippen molar-refractivity contribution in [3.8, 4) is 0 Å². The van der Waals surface area contributed by atoms with Crippen molar-refractivity contribution in [1.29, 1.82) is 0 Å². The van der Waals surface area contributed by atoms with E-state index in [-0.39, 0.29) is 21.9 Å². The largest absolute Gasteiger partial charge is 0.376 e. The maximum absolute atomic E-state index is 13.7. The Hall–Kier alpha value is -2.02. The van der Waals surface area contributed by atoms with E-state index in [1.807, 2.05) is 0 Å². The molecule has 1 N–H and O–H groups in total. The van der Waals surface area contributed by atoms with Gasteiger partial charge in [-0.15, -0.1) is 0 Å². The van der Waals surface area contributed by atoms with Crippen LogP contribution in [0.25, 0.3) is 0 Å². The van der Waals surface area contributed by atoms with Gasteiger partial charge >= 0.3 is 0 Å². The minimum Gasteiger partial charge on any atom is -0.376 e. The number of halogens is 3. The van der Waals surface area contributed by atoms with Gasteiger partial charge in [-0.05, 0) is 34.5 Å². The average molecular weight is 357 g/mol. The van der Waals surface area contributed by atoms with Crippen molar-refractivity contribution in [2.45, 2.75) is 13.0 Å². The van der Waals surface area contributed by atoms with Crippen LogP contribution in [0.15, 0.2) is 40.9 Å². The van der Waals surface area contributed by atoms with Crippen LogP contribution < -0.4 is 5.32 Å². The van der Waals surface area contributed by atoms with E-state index >= 15 is 0 Å². The number of nitrogens with zero attached hydrogens (tertiary/aromatic N) is 1. The lowest BCUT2D eigenvalue weighted by Gasteiger charge is -2.16. The first-order valence-corrected chi connectivity index (χ1v) is 6.83. The van der Waals surface area contributed by atoms with Crippen LogP contribution in [-0.4, -0.2) is 4.92 Å². The number of rotatable bonds is 4. The molecule has 2 aromatic rings. The van der Waals surface area contributed by atoms with Gasteiger partial charge in [0, 0.05) is 24.2 Å². The van der Waals surface area contributed by atoms with E-state index in [0.29, 0.717) is 0 Å². The number of nitro groups is 1. The molecule has 0 saturated carbocycles. The van der Waals surface area contributed by atoms with E-state index < -0.39 is 16.6 Å². The number of anilines is 1. The second-order valence-corrected chi connectivity index (χ2v) is 5.32. The molecule has 1 atom stereocenters. The number of non-ortho nitro benzene ring substituents is 1. The third kappa shape index (κ3) is 3.55. The Kier molecular flexibility index (Phi) is 4.52. The minimum absolute atomic E-state index is 0.0215. The molecule has 2 aromatic carbocycles. The third-order valence-corrected chi connectivity index (χ3v) is 3.59. The third-order valence-electron chi connectivity index (χ3n) is 2.99. The zero-order valence-corrected chi connectivity index (χ0v) is 12.5. The molecule has 4 nitrogen and oxygen atoms in total. The van der Waals surface area contributed by atoms with Crippen LogP contribution in [-0.2, 0) is 0 Å². The molecule has 0 aliphatic rings. The van der Waals surface area contributed by atoms with Crippen LogP contribution in [0, 0.1) is 21.7 Å². The minimum atomic E-state index is -0.586. The molecule has 0 aromatic heterocycles. The average Bonchev–Trinajstić information content (AvgIpc) is 2.44. The maximum atomic E-state index is 13.7. The summed E-state index contributed by atoms with van der Waals surface area (Å²) >= 11 is 2.91. The maximum Gasteiger partial charge on any atom is 0.269 e. The SMILES string of the molecule is CC(Nc1cc(F)c(Br)cc1F)c1ccc([N+](=O)[O-])cc1. The van der Waals surface area contributed by atoms with Gasteiger partial charge in [0.15, 0.2) is 0 Å². The van der Waals surface area contributed by atoms with Crippen LogP contribution in [0.1, 0.15) is 18.5 Å². The zero-order chi connectivity index (χ0) is 15.6. The predicted molar refractivity (Wildman–Crippen MR) is 79.2 cm³/mol. The highest BCUT2D eigenvalue weighted by molar-refractivity contribution is 9.10. The fraction of sp³-hybridized carbons (Fsp3) is 0.143. The van der Waals surface area contributed by atoms with E-state index in [2.05, 4.69) is 21.2 Å². The van der Waals surface area contributed by atoms with E-state index in [0.717, 1.165) is 17.7 Å². The monoisotopic (exact) mass is 356 g/mol. The summed E-state index contributed by atoms with van der Waals surface area (Å²) in [4.78, 5) is 10.1. The molecule has 110 valence electrons. The fourth-order valence-corrected chi connectivity index (χ4v) is 2.15. The van der Waals surface area contributed by atoms with Gasteiger partial charge in [0.2, 0.25) is 0 Å². The summed E-state index contributed by atoms with van der Waals surface area (Å²) in [7, 11) is 0. The number of benzene rings is 2. The first kappa shape index (κ1) is 15.4. The normalized spacial score (nSPS) is 12.0. The summed E-state index contributed by atoms with van der Waals surface area (Å²) in [5.74, 6) is -1.16.